The van der Waals surface area contributed by atoms with E-state index in [2.05, 4.69) is 0 Å². The molecule has 2 N–H and O–H groups in total. The second kappa shape index (κ2) is 6.34. The van der Waals surface area contributed by atoms with Gasteiger partial charge in [-0.15, -0.1) is 0 Å². The molecule has 2 amide bonds. The van der Waals surface area contributed by atoms with E-state index in [4.69, 9.17) is 15.2 Å². The second-order valence-corrected chi connectivity index (χ2v) is 11.6. The lowest BCUT2D eigenvalue weighted by molar-refractivity contribution is -0.208. The van der Waals surface area contributed by atoms with Crippen LogP contribution in [0.15, 0.2) is 0 Å². The summed E-state index contributed by atoms with van der Waals surface area (Å²) in [5, 5.41) is 0. The van der Waals surface area contributed by atoms with Crippen LogP contribution in [0.5, 0.6) is 0 Å². The van der Waals surface area contributed by atoms with Crippen LogP contribution in [-0.2, 0) is 9.47 Å². The molecule has 8 aliphatic carbocycles. The highest BCUT2D eigenvalue weighted by Gasteiger charge is 2.53. The van der Waals surface area contributed by atoms with Crippen LogP contribution in [0.3, 0.4) is 0 Å². The van der Waals surface area contributed by atoms with E-state index in [0.717, 1.165) is 35.5 Å². The highest BCUT2D eigenvalue weighted by atomic mass is 16.5. The zero-order valence-corrected chi connectivity index (χ0v) is 17.1. The second-order valence-electron chi connectivity index (χ2n) is 11.6. The third-order valence-electron chi connectivity index (χ3n) is 9.33. The van der Waals surface area contributed by atoms with Gasteiger partial charge in [-0.05, 0) is 113 Å². The third-order valence-corrected chi connectivity index (χ3v) is 9.33. The first-order valence-corrected chi connectivity index (χ1v) is 11.8. The van der Waals surface area contributed by atoms with Gasteiger partial charge in [0, 0.05) is 0 Å². The molecule has 0 saturated heterocycles. The largest absolute Gasteiger partial charge is 0.354 e. The molecule has 0 heterocycles. The number of amides is 2. The summed E-state index contributed by atoms with van der Waals surface area (Å²) in [5.74, 6) is 5.06. The molecule has 8 saturated carbocycles. The van der Waals surface area contributed by atoms with E-state index >= 15 is 0 Å². The van der Waals surface area contributed by atoms with Crippen LogP contribution < -0.4 is 5.73 Å². The standard InChI is InChI=1S/C23H36N2O3/c24-21(26)25(13-27-22-7-15-1-16(8-22)3-17(2-15)9-22)14-28-23-10-18-4-19(11-23)6-20(5-18)12-23/h15-20H,1-14H2,(H2,24,26). The van der Waals surface area contributed by atoms with Crippen LogP contribution in [0.4, 0.5) is 4.79 Å². The van der Waals surface area contributed by atoms with Crippen molar-refractivity contribution in [3.05, 3.63) is 0 Å². The van der Waals surface area contributed by atoms with Crippen molar-refractivity contribution in [2.24, 2.45) is 41.2 Å². The SMILES string of the molecule is NC(=O)N(COC12CC3CC(CC(C3)C1)C2)COC12CC3CC(CC(C3)C1)C2. The Hall–Kier alpha value is -0.810. The van der Waals surface area contributed by atoms with E-state index in [1.807, 2.05) is 0 Å². The summed E-state index contributed by atoms with van der Waals surface area (Å²) in [6, 6.07) is -0.408. The quantitative estimate of drug-likeness (QED) is 0.692. The molecule has 0 aromatic carbocycles. The van der Waals surface area contributed by atoms with Gasteiger partial charge in [-0.2, -0.15) is 0 Å². The maximum Gasteiger partial charge on any atom is 0.318 e. The molecule has 0 aromatic rings. The van der Waals surface area contributed by atoms with E-state index < -0.39 is 6.03 Å². The Labute approximate surface area is 168 Å². The van der Waals surface area contributed by atoms with Crippen molar-refractivity contribution >= 4 is 6.03 Å². The van der Waals surface area contributed by atoms with Gasteiger partial charge >= 0.3 is 6.03 Å². The molecule has 0 atom stereocenters. The van der Waals surface area contributed by atoms with Gasteiger partial charge in [0.05, 0.1) is 11.2 Å². The normalized spacial score (nSPS) is 50.3. The summed E-state index contributed by atoms with van der Waals surface area (Å²) in [6.07, 6.45) is 15.5. The van der Waals surface area contributed by atoms with Crippen molar-refractivity contribution in [1.29, 1.82) is 0 Å². The Kier molecular flexibility index (Phi) is 4.08. The average molecular weight is 389 g/mol. The number of nitrogens with zero attached hydrogens (tertiary/aromatic N) is 1. The molecule has 5 nitrogen and oxygen atoms in total. The van der Waals surface area contributed by atoms with Crippen molar-refractivity contribution in [2.75, 3.05) is 13.5 Å². The van der Waals surface area contributed by atoms with Crippen LogP contribution in [0.1, 0.15) is 77.0 Å². The lowest BCUT2D eigenvalue weighted by Crippen LogP contribution is -2.55. The van der Waals surface area contributed by atoms with Gasteiger partial charge in [0.25, 0.3) is 0 Å². The number of carbonyl (C=O) groups is 1. The van der Waals surface area contributed by atoms with E-state index in [1.54, 1.807) is 4.90 Å². The lowest BCUT2D eigenvalue weighted by atomic mass is 9.54. The fourth-order valence-electron chi connectivity index (χ4n) is 9.01. The lowest BCUT2D eigenvalue weighted by Gasteiger charge is -2.57. The summed E-state index contributed by atoms with van der Waals surface area (Å²) < 4.78 is 13.0. The minimum absolute atomic E-state index is 0.00311. The Morgan fingerprint density at radius 2 is 0.964 bits per heavy atom. The van der Waals surface area contributed by atoms with Gasteiger partial charge in [0.15, 0.2) is 0 Å². The van der Waals surface area contributed by atoms with Gasteiger partial charge in [0.1, 0.15) is 13.5 Å². The number of rotatable bonds is 6. The molecule has 0 radical (unpaired) electrons. The number of hydrogen-bond donors (Lipinski definition) is 1. The van der Waals surface area contributed by atoms with Crippen molar-refractivity contribution in [3.8, 4) is 0 Å². The number of carbonyl (C=O) groups excluding carboxylic acids is 1. The van der Waals surface area contributed by atoms with Crippen molar-refractivity contribution in [2.45, 2.75) is 88.3 Å². The zero-order chi connectivity index (χ0) is 18.9. The molecular weight excluding hydrogens is 352 g/mol. The van der Waals surface area contributed by atoms with Crippen LogP contribution in [0.25, 0.3) is 0 Å². The number of ether oxygens (including phenoxy) is 2. The van der Waals surface area contributed by atoms with E-state index in [9.17, 15) is 4.79 Å². The third kappa shape index (κ3) is 3.08. The molecule has 0 spiro atoms. The number of urea groups is 1. The van der Waals surface area contributed by atoms with Gasteiger partial charge in [0.2, 0.25) is 0 Å². The molecule has 8 bridgehead atoms. The Bertz CT molecular complexity index is 529. The smallest absolute Gasteiger partial charge is 0.318 e. The fraction of sp³-hybridized carbons (Fsp3) is 0.957. The van der Waals surface area contributed by atoms with E-state index in [1.165, 1.54) is 77.0 Å². The highest BCUT2D eigenvalue weighted by molar-refractivity contribution is 5.71. The first kappa shape index (κ1) is 18.0. The highest BCUT2D eigenvalue weighted by Crippen LogP contribution is 2.58. The Morgan fingerprint density at radius 1 is 0.679 bits per heavy atom. The predicted octanol–water partition coefficient (Wildman–Crippen LogP) is 4.25. The van der Waals surface area contributed by atoms with Gasteiger partial charge in [-0.3, -0.25) is 4.90 Å². The summed E-state index contributed by atoms with van der Waals surface area (Å²) in [6.45, 7) is 0.599. The van der Waals surface area contributed by atoms with E-state index in [0.29, 0.717) is 13.5 Å². The van der Waals surface area contributed by atoms with Crippen LogP contribution in [-0.4, -0.2) is 35.6 Å². The molecule has 28 heavy (non-hydrogen) atoms. The number of primary amides is 1. The van der Waals surface area contributed by atoms with E-state index in [-0.39, 0.29) is 11.2 Å². The summed E-state index contributed by atoms with van der Waals surface area (Å²) in [7, 11) is 0. The number of hydrogen-bond acceptors (Lipinski definition) is 3. The predicted molar refractivity (Wildman–Crippen MR) is 105 cm³/mol. The average Bonchev–Trinajstić information content (AvgIpc) is 2.58. The monoisotopic (exact) mass is 388 g/mol. The molecule has 0 aliphatic heterocycles. The first-order valence-electron chi connectivity index (χ1n) is 11.8. The molecule has 8 rings (SSSR count). The Balaban J connectivity index is 1.09. The molecule has 8 fully saturated rings. The Morgan fingerprint density at radius 3 is 1.21 bits per heavy atom. The zero-order valence-electron chi connectivity index (χ0n) is 17.1. The summed E-state index contributed by atoms with van der Waals surface area (Å²) >= 11 is 0. The molecule has 0 aromatic heterocycles. The first-order chi connectivity index (χ1) is 13.5. The van der Waals surface area contributed by atoms with Gasteiger partial charge < -0.3 is 15.2 Å². The minimum atomic E-state index is -0.408. The summed E-state index contributed by atoms with van der Waals surface area (Å²) in [5.41, 5.74) is 5.73. The van der Waals surface area contributed by atoms with Crippen molar-refractivity contribution in [1.82, 2.24) is 4.90 Å². The maximum absolute atomic E-state index is 12.1. The topological polar surface area (TPSA) is 64.8 Å². The van der Waals surface area contributed by atoms with Crippen LogP contribution in [0, 0.1) is 35.5 Å². The molecule has 156 valence electrons. The van der Waals surface area contributed by atoms with Gasteiger partial charge in [-0.25, -0.2) is 4.79 Å². The molecule has 8 aliphatic rings. The summed E-state index contributed by atoms with van der Waals surface area (Å²) in [4.78, 5) is 13.7. The molecule has 5 heteroatoms. The van der Waals surface area contributed by atoms with Crippen LogP contribution in [0.2, 0.25) is 0 Å². The number of nitrogens with two attached hydrogens (primary N) is 1. The van der Waals surface area contributed by atoms with Crippen molar-refractivity contribution < 1.29 is 14.3 Å². The maximum atomic E-state index is 12.1. The van der Waals surface area contributed by atoms with Crippen molar-refractivity contribution in [3.63, 3.8) is 0 Å². The fourth-order valence-corrected chi connectivity index (χ4v) is 9.01. The minimum Gasteiger partial charge on any atom is -0.354 e. The molecular formula is C23H36N2O3. The van der Waals surface area contributed by atoms with Crippen LogP contribution >= 0.6 is 0 Å². The molecule has 0 unspecified atom stereocenters. The van der Waals surface area contributed by atoms with Gasteiger partial charge in [-0.1, -0.05) is 0 Å².